The molecule has 2 atom stereocenters. The fraction of sp³-hybridized carbons (Fsp3) is 0.562. The highest BCUT2D eigenvalue weighted by Gasteiger charge is 2.30. The van der Waals surface area contributed by atoms with Gasteiger partial charge in [0.25, 0.3) is 0 Å². The molecule has 0 bridgehead atoms. The van der Waals surface area contributed by atoms with Crippen molar-refractivity contribution >= 4 is 11.6 Å². The number of nitrogens with one attached hydrogen (secondary N) is 1. The Balaban J connectivity index is 2.10. The molecule has 1 aromatic carbocycles. The van der Waals surface area contributed by atoms with Crippen LogP contribution in [-0.4, -0.2) is 17.6 Å². The second-order valence-corrected chi connectivity index (χ2v) is 5.58. The normalized spacial score (nSPS) is 22.5. The summed E-state index contributed by atoms with van der Waals surface area (Å²) in [5.41, 5.74) is 7.38. The topological polar surface area (TPSA) is 75.3 Å². The Hall–Kier alpha value is -1.55. The lowest BCUT2D eigenvalue weighted by molar-refractivity contribution is -0.122. The number of nitrogens with two attached hydrogens (primary N) is 1. The molecule has 1 aromatic rings. The summed E-state index contributed by atoms with van der Waals surface area (Å²) in [4.78, 5) is 12.4. The number of phenols is 1. The molecule has 110 valence electrons. The Morgan fingerprint density at radius 2 is 2.15 bits per heavy atom. The monoisotopic (exact) mass is 276 g/mol. The summed E-state index contributed by atoms with van der Waals surface area (Å²) < 4.78 is 0. The quantitative estimate of drug-likeness (QED) is 0.740. The molecule has 1 aliphatic rings. The van der Waals surface area contributed by atoms with Crippen molar-refractivity contribution in [1.29, 1.82) is 0 Å². The Bertz CT molecular complexity index is 474. The van der Waals surface area contributed by atoms with Gasteiger partial charge in [0.2, 0.25) is 5.91 Å². The molecule has 2 rings (SSSR count). The van der Waals surface area contributed by atoms with E-state index >= 15 is 0 Å². The summed E-state index contributed by atoms with van der Waals surface area (Å²) in [7, 11) is 0. The molecular formula is C16H24N2O2. The summed E-state index contributed by atoms with van der Waals surface area (Å²) in [6, 6.07) is 5.34. The molecule has 1 aliphatic carbocycles. The van der Waals surface area contributed by atoms with Gasteiger partial charge in [0.05, 0.1) is 5.69 Å². The lowest BCUT2D eigenvalue weighted by atomic mass is 9.78. The lowest BCUT2D eigenvalue weighted by Gasteiger charge is -2.29. The van der Waals surface area contributed by atoms with Crippen molar-refractivity contribution < 1.29 is 9.90 Å². The number of rotatable bonds is 4. The third-order valence-electron chi connectivity index (χ3n) is 4.28. The van der Waals surface area contributed by atoms with E-state index in [-0.39, 0.29) is 23.5 Å². The van der Waals surface area contributed by atoms with E-state index in [4.69, 9.17) is 5.73 Å². The minimum atomic E-state index is -0.0292. The van der Waals surface area contributed by atoms with E-state index in [1.54, 1.807) is 6.07 Å². The highest BCUT2D eigenvalue weighted by atomic mass is 16.3. The number of carbonyl (C=O) groups is 1. The molecule has 2 unspecified atom stereocenters. The molecule has 4 heteroatoms. The third kappa shape index (κ3) is 3.31. The zero-order valence-electron chi connectivity index (χ0n) is 12.1. The highest BCUT2D eigenvalue weighted by molar-refractivity contribution is 5.94. The summed E-state index contributed by atoms with van der Waals surface area (Å²) in [5.74, 6) is 0.345. The molecule has 20 heavy (non-hydrogen) atoms. The van der Waals surface area contributed by atoms with Crippen molar-refractivity contribution in [3.8, 4) is 5.75 Å². The number of phenolic OH excluding ortho intramolecular Hbond substituents is 1. The molecule has 4 N–H and O–H groups in total. The van der Waals surface area contributed by atoms with Crippen molar-refractivity contribution in [2.45, 2.75) is 39.0 Å². The van der Waals surface area contributed by atoms with Crippen LogP contribution in [0.5, 0.6) is 5.75 Å². The third-order valence-corrected chi connectivity index (χ3v) is 4.28. The Morgan fingerprint density at radius 1 is 1.40 bits per heavy atom. The molecule has 0 aromatic heterocycles. The first-order valence-corrected chi connectivity index (χ1v) is 7.48. The van der Waals surface area contributed by atoms with Crippen LogP contribution in [-0.2, 0) is 11.2 Å². The number of aryl methyl sites for hydroxylation is 1. The van der Waals surface area contributed by atoms with Gasteiger partial charge >= 0.3 is 0 Å². The second kappa shape index (κ2) is 6.75. The van der Waals surface area contributed by atoms with Gasteiger partial charge < -0.3 is 16.2 Å². The second-order valence-electron chi connectivity index (χ2n) is 5.58. The Morgan fingerprint density at radius 3 is 2.85 bits per heavy atom. The molecule has 0 radical (unpaired) electrons. The number of hydrogen-bond acceptors (Lipinski definition) is 3. The van der Waals surface area contributed by atoms with E-state index in [1.165, 1.54) is 0 Å². The largest absolute Gasteiger partial charge is 0.506 e. The van der Waals surface area contributed by atoms with Gasteiger partial charge in [-0.2, -0.15) is 0 Å². The Labute approximate surface area is 120 Å². The van der Waals surface area contributed by atoms with Crippen LogP contribution in [0.2, 0.25) is 0 Å². The summed E-state index contributed by atoms with van der Waals surface area (Å²) in [6.07, 6.45) is 5.02. The first-order valence-electron chi connectivity index (χ1n) is 7.48. The first kappa shape index (κ1) is 14.9. The molecule has 1 amide bonds. The predicted octanol–water partition coefficient (Wildman–Crippen LogP) is 2.66. The summed E-state index contributed by atoms with van der Waals surface area (Å²) in [6.45, 7) is 2.60. The maximum absolute atomic E-state index is 12.4. The number of carbonyl (C=O) groups excluding carboxylic acids is 1. The molecular weight excluding hydrogens is 252 g/mol. The van der Waals surface area contributed by atoms with Gasteiger partial charge in [0, 0.05) is 5.92 Å². The average Bonchev–Trinajstić information content (AvgIpc) is 2.49. The van der Waals surface area contributed by atoms with E-state index in [0.29, 0.717) is 12.2 Å². The van der Waals surface area contributed by atoms with Gasteiger partial charge in [0.1, 0.15) is 5.75 Å². The zero-order chi connectivity index (χ0) is 14.5. The molecule has 0 spiro atoms. The average molecular weight is 276 g/mol. The van der Waals surface area contributed by atoms with Gasteiger partial charge in [-0.25, -0.2) is 0 Å². The highest BCUT2D eigenvalue weighted by Crippen LogP contribution is 2.32. The van der Waals surface area contributed by atoms with Crippen LogP contribution in [0.25, 0.3) is 0 Å². The van der Waals surface area contributed by atoms with Crippen molar-refractivity contribution in [2.75, 3.05) is 11.9 Å². The van der Waals surface area contributed by atoms with Gasteiger partial charge in [-0.3, -0.25) is 4.79 Å². The van der Waals surface area contributed by atoms with Crippen molar-refractivity contribution in [1.82, 2.24) is 0 Å². The molecule has 1 fully saturated rings. The molecule has 4 nitrogen and oxygen atoms in total. The van der Waals surface area contributed by atoms with Gasteiger partial charge in [-0.05, 0) is 49.4 Å². The fourth-order valence-corrected chi connectivity index (χ4v) is 2.96. The van der Waals surface area contributed by atoms with Crippen LogP contribution < -0.4 is 11.1 Å². The molecule has 0 aliphatic heterocycles. The minimum absolute atomic E-state index is 0.0105. The molecule has 0 heterocycles. The number of aromatic hydroxyl groups is 1. The maximum atomic E-state index is 12.4. The van der Waals surface area contributed by atoms with E-state index < -0.39 is 0 Å². The van der Waals surface area contributed by atoms with Crippen LogP contribution in [0.4, 0.5) is 5.69 Å². The van der Waals surface area contributed by atoms with Gasteiger partial charge in [-0.1, -0.05) is 25.8 Å². The summed E-state index contributed by atoms with van der Waals surface area (Å²) >= 11 is 0. The van der Waals surface area contributed by atoms with E-state index in [9.17, 15) is 9.90 Å². The summed E-state index contributed by atoms with van der Waals surface area (Å²) in [5, 5.41) is 12.7. The van der Waals surface area contributed by atoms with E-state index in [2.05, 4.69) is 5.32 Å². The van der Waals surface area contributed by atoms with Gasteiger partial charge in [0.15, 0.2) is 0 Å². The Kier molecular flexibility index (Phi) is 5.01. The van der Waals surface area contributed by atoms with Crippen LogP contribution in [0.1, 0.15) is 38.2 Å². The van der Waals surface area contributed by atoms with Crippen molar-refractivity contribution in [3.05, 3.63) is 23.8 Å². The van der Waals surface area contributed by atoms with Crippen LogP contribution in [0, 0.1) is 11.8 Å². The van der Waals surface area contributed by atoms with Crippen LogP contribution >= 0.6 is 0 Å². The van der Waals surface area contributed by atoms with Crippen LogP contribution in [0.15, 0.2) is 18.2 Å². The minimum Gasteiger partial charge on any atom is -0.506 e. The first-order chi connectivity index (χ1) is 9.65. The SMILES string of the molecule is CCc1ccc(O)c(NC(=O)C2CCCCC2CN)c1. The van der Waals surface area contributed by atoms with E-state index in [1.807, 2.05) is 19.1 Å². The predicted molar refractivity (Wildman–Crippen MR) is 80.6 cm³/mol. The molecule has 1 saturated carbocycles. The van der Waals surface area contributed by atoms with Crippen molar-refractivity contribution in [2.24, 2.45) is 17.6 Å². The number of hydrogen-bond donors (Lipinski definition) is 3. The van der Waals surface area contributed by atoms with Gasteiger partial charge in [-0.15, -0.1) is 0 Å². The van der Waals surface area contributed by atoms with Crippen LogP contribution in [0.3, 0.4) is 0 Å². The zero-order valence-corrected chi connectivity index (χ0v) is 12.1. The number of anilines is 1. The fourth-order valence-electron chi connectivity index (χ4n) is 2.96. The standard InChI is InChI=1S/C16H24N2O2/c1-2-11-7-8-15(19)14(9-11)18-16(20)13-6-4-3-5-12(13)10-17/h7-9,12-13,19H,2-6,10,17H2,1H3,(H,18,20). The molecule has 0 saturated heterocycles. The maximum Gasteiger partial charge on any atom is 0.227 e. The smallest absolute Gasteiger partial charge is 0.227 e. The van der Waals surface area contributed by atoms with E-state index in [0.717, 1.165) is 37.7 Å². The lowest BCUT2D eigenvalue weighted by Crippen LogP contribution is -2.35. The number of benzene rings is 1. The van der Waals surface area contributed by atoms with Crippen molar-refractivity contribution in [3.63, 3.8) is 0 Å². The number of amides is 1.